The minimum Gasteiger partial charge on any atom is -0.488 e. The number of aryl methyl sites for hydroxylation is 1. The zero-order valence-electron chi connectivity index (χ0n) is 23.8. The van der Waals surface area contributed by atoms with E-state index in [4.69, 9.17) is 16.3 Å². The van der Waals surface area contributed by atoms with Crippen molar-refractivity contribution in [3.63, 3.8) is 0 Å². The van der Waals surface area contributed by atoms with Crippen LogP contribution >= 0.6 is 11.6 Å². The Hall–Kier alpha value is -4.13. The van der Waals surface area contributed by atoms with Crippen molar-refractivity contribution in [2.24, 2.45) is 5.92 Å². The smallest absolute Gasteiger partial charge is 0.434 e. The summed E-state index contributed by atoms with van der Waals surface area (Å²) in [6, 6.07) is 12.1. The monoisotopic (exact) mass is 652 g/mol. The maximum atomic E-state index is 14.0. The number of ether oxygens (including phenoxy) is 1. The normalized spacial score (nSPS) is 17.3. The topological polar surface area (TPSA) is 90.1 Å². The van der Waals surface area contributed by atoms with E-state index in [1.165, 1.54) is 19.2 Å². The molecule has 0 aliphatic heterocycles. The number of hydrogen-bond donors (Lipinski definition) is 1. The number of aromatic carboxylic acids is 1. The first-order chi connectivity index (χ1) is 21.3. The predicted octanol–water partition coefficient (Wildman–Crippen LogP) is 8.68. The molecule has 0 atom stereocenters. The van der Waals surface area contributed by atoms with Crippen molar-refractivity contribution in [2.45, 2.75) is 63.9 Å². The Labute approximate surface area is 258 Å². The van der Waals surface area contributed by atoms with Crippen LogP contribution in [0.25, 0.3) is 17.1 Å². The molecule has 0 spiro atoms. The Morgan fingerprint density at radius 3 is 2.31 bits per heavy atom. The van der Waals surface area contributed by atoms with Crippen molar-refractivity contribution in [3.05, 3.63) is 88.0 Å². The molecule has 238 valence electrons. The second-order valence-electron chi connectivity index (χ2n) is 10.8. The Kier molecular flexibility index (Phi) is 9.11. The molecule has 1 fully saturated rings. The van der Waals surface area contributed by atoms with Gasteiger partial charge in [-0.1, -0.05) is 42.8 Å². The van der Waals surface area contributed by atoms with Gasteiger partial charge in [0.25, 0.3) is 0 Å². The summed E-state index contributed by atoms with van der Waals surface area (Å²) >= 11 is 6.23. The average Bonchev–Trinajstić information content (AvgIpc) is 3.42. The number of aromatic nitrogens is 4. The second kappa shape index (κ2) is 12.7. The summed E-state index contributed by atoms with van der Waals surface area (Å²) in [7, 11) is 0. The van der Waals surface area contributed by atoms with E-state index < -0.39 is 35.5 Å². The fourth-order valence-corrected chi connectivity index (χ4v) is 5.75. The first kappa shape index (κ1) is 32.3. The van der Waals surface area contributed by atoms with Gasteiger partial charge in [-0.05, 0) is 67.3 Å². The van der Waals surface area contributed by atoms with E-state index in [0.717, 1.165) is 17.3 Å². The molecule has 5 rings (SSSR count). The van der Waals surface area contributed by atoms with Gasteiger partial charge in [-0.15, -0.1) is 0 Å². The number of carboxylic acids is 1. The molecule has 2 aromatic heterocycles. The van der Waals surface area contributed by atoms with Crippen LogP contribution in [-0.4, -0.2) is 37.0 Å². The van der Waals surface area contributed by atoms with Crippen LogP contribution in [0, 0.1) is 5.92 Å². The third-order valence-corrected chi connectivity index (χ3v) is 8.10. The Morgan fingerprint density at radius 2 is 1.71 bits per heavy atom. The van der Waals surface area contributed by atoms with Crippen LogP contribution in [0.3, 0.4) is 0 Å². The van der Waals surface area contributed by atoms with Crippen molar-refractivity contribution < 1.29 is 41.0 Å². The van der Waals surface area contributed by atoms with E-state index in [9.17, 15) is 36.2 Å². The highest BCUT2D eigenvalue weighted by Gasteiger charge is 2.43. The first-order valence-electron chi connectivity index (χ1n) is 14.1. The lowest BCUT2D eigenvalue weighted by molar-refractivity contribution is -0.182. The van der Waals surface area contributed by atoms with Crippen LogP contribution in [0.5, 0.6) is 5.75 Å². The molecule has 45 heavy (non-hydrogen) atoms. The molecular formula is C31H27ClF6N4O3. The van der Waals surface area contributed by atoms with E-state index in [2.05, 4.69) is 15.1 Å². The molecule has 1 saturated carbocycles. The molecule has 0 amide bonds. The molecule has 1 aliphatic rings. The minimum atomic E-state index is -5.05. The third kappa shape index (κ3) is 7.08. The molecule has 1 N–H and O–H groups in total. The number of benzene rings is 2. The predicted molar refractivity (Wildman–Crippen MR) is 152 cm³/mol. The van der Waals surface area contributed by atoms with E-state index >= 15 is 0 Å². The number of carbonyl (C=O) groups is 1. The Morgan fingerprint density at radius 1 is 1.02 bits per heavy atom. The quantitative estimate of drug-likeness (QED) is 0.192. The van der Waals surface area contributed by atoms with Gasteiger partial charge in [-0.2, -0.15) is 31.4 Å². The molecule has 4 aromatic rings. The maximum Gasteiger partial charge on any atom is 0.434 e. The lowest BCUT2D eigenvalue weighted by Crippen LogP contribution is -2.27. The summed E-state index contributed by atoms with van der Waals surface area (Å²) in [5, 5.41) is 13.7. The molecule has 0 saturated heterocycles. The molecule has 7 nitrogen and oxygen atoms in total. The number of nitrogens with zero attached hydrogens (tertiary/aromatic N) is 4. The van der Waals surface area contributed by atoms with Crippen molar-refractivity contribution in [1.82, 2.24) is 19.7 Å². The van der Waals surface area contributed by atoms with Gasteiger partial charge in [0.2, 0.25) is 0 Å². The second-order valence-corrected chi connectivity index (χ2v) is 11.2. The summed E-state index contributed by atoms with van der Waals surface area (Å²) < 4.78 is 87.7. The Balaban J connectivity index is 1.38. The Bertz CT molecular complexity index is 1680. The third-order valence-electron chi connectivity index (χ3n) is 7.87. The van der Waals surface area contributed by atoms with E-state index in [1.54, 1.807) is 12.1 Å². The molecule has 1 aliphatic carbocycles. The van der Waals surface area contributed by atoms with Gasteiger partial charge in [-0.25, -0.2) is 14.5 Å². The van der Waals surface area contributed by atoms with Gasteiger partial charge in [0.15, 0.2) is 11.5 Å². The standard InChI is InChI=1S/C31H27ClF6N4O3/c1-2-23-27(29(43)44)28(31(36,37)38)42(41-23)26-15-39-14-24(40-26)22-13-21(32)11-12-25(22)45-16-17-3-5-18(6-4-17)19-7-9-20(10-8-19)30(33,34)35/h3-6,11-15,19-20H,2,7-10,16H2,1H3,(H,43,44)/t19-,20-. The molecule has 0 unspecified atom stereocenters. The van der Waals surface area contributed by atoms with Gasteiger partial charge in [0, 0.05) is 10.6 Å². The maximum absolute atomic E-state index is 14.0. The van der Waals surface area contributed by atoms with Crippen LogP contribution < -0.4 is 4.74 Å². The van der Waals surface area contributed by atoms with Gasteiger partial charge < -0.3 is 9.84 Å². The molecule has 14 heteroatoms. The van der Waals surface area contributed by atoms with Crippen LogP contribution in [-0.2, 0) is 19.2 Å². The average molecular weight is 653 g/mol. The fraction of sp³-hybridized carbons (Fsp3) is 0.355. The summed E-state index contributed by atoms with van der Waals surface area (Å²) in [4.78, 5) is 20.1. The molecular weight excluding hydrogens is 626 g/mol. The van der Waals surface area contributed by atoms with Crippen molar-refractivity contribution in [1.29, 1.82) is 0 Å². The first-order valence-corrected chi connectivity index (χ1v) is 14.5. The number of carboxylic acid groups (broad SMARTS) is 1. The largest absolute Gasteiger partial charge is 0.488 e. The lowest BCUT2D eigenvalue weighted by atomic mass is 9.78. The van der Waals surface area contributed by atoms with Gasteiger partial charge in [0.05, 0.1) is 29.7 Å². The fourth-order valence-electron chi connectivity index (χ4n) is 5.58. The number of halogens is 7. The zero-order valence-corrected chi connectivity index (χ0v) is 24.5. The molecule has 0 radical (unpaired) electrons. The number of rotatable bonds is 8. The molecule has 0 bridgehead atoms. The summed E-state index contributed by atoms with van der Waals surface area (Å²) in [5.74, 6) is -3.00. The SMILES string of the molecule is CCc1nn(-c2cncc(-c3cc(Cl)ccc3OCc3ccc([C@H]4CC[C@H](C(F)(F)F)CC4)cc3)n2)c(C(F)(F)F)c1C(=O)O. The summed E-state index contributed by atoms with van der Waals surface area (Å²) in [6.07, 6.45) is -5.76. The van der Waals surface area contributed by atoms with E-state index in [0.29, 0.717) is 33.9 Å². The molecule has 2 heterocycles. The molecule has 2 aromatic carbocycles. The van der Waals surface area contributed by atoms with Crippen molar-refractivity contribution in [3.8, 4) is 22.8 Å². The minimum absolute atomic E-state index is 0.0555. The highest BCUT2D eigenvalue weighted by Crippen LogP contribution is 2.43. The number of alkyl halides is 6. The van der Waals surface area contributed by atoms with Gasteiger partial charge >= 0.3 is 18.3 Å². The van der Waals surface area contributed by atoms with E-state index in [-0.39, 0.29) is 49.0 Å². The number of hydrogen-bond acceptors (Lipinski definition) is 5. The van der Waals surface area contributed by atoms with Crippen LogP contribution in [0.15, 0.2) is 54.9 Å². The van der Waals surface area contributed by atoms with E-state index in [1.807, 2.05) is 24.3 Å². The van der Waals surface area contributed by atoms with Crippen molar-refractivity contribution in [2.75, 3.05) is 0 Å². The zero-order chi connectivity index (χ0) is 32.5. The highest BCUT2D eigenvalue weighted by molar-refractivity contribution is 6.31. The lowest BCUT2D eigenvalue weighted by Gasteiger charge is -2.30. The summed E-state index contributed by atoms with van der Waals surface area (Å²) in [5.41, 5.74) is -0.510. The summed E-state index contributed by atoms with van der Waals surface area (Å²) in [6.45, 7) is 1.59. The van der Waals surface area contributed by atoms with Gasteiger partial charge in [0.1, 0.15) is 17.9 Å². The van der Waals surface area contributed by atoms with Crippen LogP contribution in [0.2, 0.25) is 5.02 Å². The van der Waals surface area contributed by atoms with Crippen molar-refractivity contribution >= 4 is 17.6 Å². The highest BCUT2D eigenvalue weighted by atomic mass is 35.5. The van der Waals surface area contributed by atoms with Gasteiger partial charge in [-0.3, -0.25) is 4.98 Å². The van der Waals surface area contributed by atoms with Crippen LogP contribution in [0.1, 0.15) is 71.4 Å². The van der Waals surface area contributed by atoms with Crippen LogP contribution in [0.4, 0.5) is 26.3 Å².